The fourth-order valence-corrected chi connectivity index (χ4v) is 5.62. The van der Waals surface area contributed by atoms with Crippen molar-refractivity contribution in [2.75, 3.05) is 31.9 Å². The second-order valence-electron chi connectivity index (χ2n) is 8.60. The van der Waals surface area contributed by atoms with E-state index < -0.39 is 0 Å². The minimum absolute atomic E-state index is 0.109. The molecule has 0 aliphatic carbocycles. The van der Waals surface area contributed by atoms with Crippen LogP contribution in [0.4, 0.5) is 5.00 Å². The molecule has 0 unspecified atom stereocenters. The number of likely N-dealkylation sites (tertiary alicyclic amines) is 2. The van der Waals surface area contributed by atoms with Gasteiger partial charge in [0.1, 0.15) is 0 Å². The van der Waals surface area contributed by atoms with Gasteiger partial charge in [0.25, 0.3) is 5.91 Å². The van der Waals surface area contributed by atoms with E-state index >= 15 is 0 Å². The number of thiophene rings is 1. The zero-order chi connectivity index (χ0) is 18.3. The van der Waals surface area contributed by atoms with Crippen molar-refractivity contribution in [3.05, 3.63) is 29.8 Å². The van der Waals surface area contributed by atoms with Gasteiger partial charge in [0.05, 0.1) is 10.6 Å². The average Bonchev–Trinajstić information content (AvgIpc) is 2.96. The van der Waals surface area contributed by atoms with Crippen LogP contribution < -0.4 is 5.73 Å². The van der Waals surface area contributed by atoms with E-state index in [1.807, 2.05) is 29.2 Å². The first-order chi connectivity index (χ1) is 12.4. The standard InChI is InChI=1S/C21H29N3OS/c1-21(2)10-5-11-24(14-21)15-8-12-23(13-9-15)20(25)18-16-6-3-4-7-17(16)26-19(18)22/h3-4,6-7,15H,5,8-14,22H2,1-2H3. The van der Waals surface area contributed by atoms with Gasteiger partial charge in [-0.1, -0.05) is 32.0 Å². The zero-order valence-corrected chi connectivity index (χ0v) is 16.6. The molecule has 3 heterocycles. The van der Waals surface area contributed by atoms with Crippen LogP contribution in [0.15, 0.2) is 24.3 Å². The summed E-state index contributed by atoms with van der Waals surface area (Å²) in [6.07, 6.45) is 4.77. The van der Waals surface area contributed by atoms with E-state index in [1.165, 1.54) is 37.3 Å². The predicted octanol–water partition coefficient (Wildman–Crippen LogP) is 4.21. The van der Waals surface area contributed by atoms with Gasteiger partial charge in [-0.3, -0.25) is 9.69 Å². The Morgan fingerprint density at radius 1 is 1.19 bits per heavy atom. The van der Waals surface area contributed by atoms with E-state index in [4.69, 9.17) is 5.73 Å². The molecule has 2 saturated heterocycles. The fourth-order valence-electron chi connectivity index (χ4n) is 4.66. The van der Waals surface area contributed by atoms with E-state index in [-0.39, 0.29) is 5.91 Å². The van der Waals surface area contributed by atoms with Crippen molar-refractivity contribution in [1.29, 1.82) is 0 Å². The molecule has 5 heteroatoms. The molecule has 2 fully saturated rings. The highest BCUT2D eigenvalue weighted by Gasteiger charge is 2.34. The predicted molar refractivity (Wildman–Crippen MR) is 110 cm³/mol. The van der Waals surface area contributed by atoms with E-state index in [9.17, 15) is 4.79 Å². The zero-order valence-electron chi connectivity index (χ0n) is 15.8. The summed E-state index contributed by atoms with van der Waals surface area (Å²) in [7, 11) is 0. The van der Waals surface area contributed by atoms with Gasteiger partial charge in [0.2, 0.25) is 0 Å². The lowest BCUT2D eigenvalue weighted by Gasteiger charge is -2.45. The average molecular weight is 372 g/mol. The van der Waals surface area contributed by atoms with E-state index in [1.54, 1.807) is 0 Å². The van der Waals surface area contributed by atoms with E-state index in [2.05, 4.69) is 18.7 Å². The monoisotopic (exact) mass is 371 g/mol. The first-order valence-electron chi connectivity index (χ1n) is 9.75. The highest BCUT2D eigenvalue weighted by atomic mass is 32.1. The lowest BCUT2D eigenvalue weighted by Crippen LogP contribution is -2.51. The number of anilines is 1. The van der Waals surface area contributed by atoms with Crippen LogP contribution in [0.5, 0.6) is 0 Å². The number of nitrogens with two attached hydrogens (primary N) is 1. The van der Waals surface area contributed by atoms with Crippen LogP contribution in [-0.2, 0) is 0 Å². The molecule has 4 nitrogen and oxygen atoms in total. The molecular weight excluding hydrogens is 342 g/mol. The molecule has 0 bridgehead atoms. The molecule has 2 N–H and O–H groups in total. The van der Waals surface area contributed by atoms with Crippen molar-refractivity contribution < 1.29 is 4.79 Å². The molecule has 0 saturated carbocycles. The summed E-state index contributed by atoms with van der Waals surface area (Å²) in [5.74, 6) is 0.109. The lowest BCUT2D eigenvalue weighted by atomic mass is 9.83. The largest absolute Gasteiger partial charge is 0.390 e. The number of fused-ring (bicyclic) bond motifs is 1. The fraction of sp³-hybridized carbons (Fsp3) is 0.571. The van der Waals surface area contributed by atoms with Crippen molar-refractivity contribution in [2.45, 2.75) is 45.6 Å². The smallest absolute Gasteiger partial charge is 0.257 e. The minimum Gasteiger partial charge on any atom is -0.390 e. The quantitative estimate of drug-likeness (QED) is 0.860. The van der Waals surface area contributed by atoms with Crippen LogP contribution in [0.1, 0.15) is 49.9 Å². The molecular formula is C21H29N3OS. The number of carbonyl (C=O) groups is 1. The molecule has 26 heavy (non-hydrogen) atoms. The third-order valence-corrected chi connectivity index (χ3v) is 7.03. The molecule has 1 aromatic heterocycles. The summed E-state index contributed by atoms with van der Waals surface area (Å²) in [5, 5.41) is 1.65. The molecule has 2 aromatic rings. The topological polar surface area (TPSA) is 49.6 Å². The molecule has 0 spiro atoms. The van der Waals surface area contributed by atoms with Crippen molar-refractivity contribution in [2.24, 2.45) is 5.41 Å². The lowest BCUT2D eigenvalue weighted by molar-refractivity contribution is 0.0386. The Bertz CT molecular complexity index is 805. The molecule has 140 valence electrons. The number of amides is 1. The third kappa shape index (κ3) is 3.35. The number of rotatable bonds is 2. The van der Waals surface area contributed by atoms with Crippen molar-refractivity contribution in [3.8, 4) is 0 Å². The van der Waals surface area contributed by atoms with Gasteiger partial charge in [0.15, 0.2) is 0 Å². The molecule has 1 aromatic carbocycles. The number of piperidine rings is 2. The van der Waals surface area contributed by atoms with Gasteiger partial charge in [-0.2, -0.15) is 0 Å². The Hall–Kier alpha value is -1.59. The van der Waals surface area contributed by atoms with Crippen LogP contribution in [0, 0.1) is 5.41 Å². The molecule has 2 aliphatic rings. The van der Waals surface area contributed by atoms with Gasteiger partial charge in [-0.25, -0.2) is 0 Å². The number of hydrogen-bond acceptors (Lipinski definition) is 4. The summed E-state index contributed by atoms with van der Waals surface area (Å²) in [5.41, 5.74) is 7.33. The Morgan fingerprint density at radius 3 is 2.65 bits per heavy atom. The molecule has 1 amide bonds. The maximum atomic E-state index is 13.1. The first-order valence-corrected chi connectivity index (χ1v) is 10.6. The van der Waals surface area contributed by atoms with Crippen LogP contribution in [0.25, 0.3) is 10.1 Å². The number of nitrogen functional groups attached to an aromatic ring is 1. The van der Waals surface area contributed by atoms with Gasteiger partial charge in [-0.05, 0) is 43.7 Å². The summed E-state index contributed by atoms with van der Waals surface area (Å²) in [6, 6.07) is 8.65. The van der Waals surface area contributed by atoms with Gasteiger partial charge in [0, 0.05) is 35.8 Å². The van der Waals surface area contributed by atoms with Crippen LogP contribution in [-0.4, -0.2) is 47.9 Å². The first kappa shape index (κ1) is 17.8. The van der Waals surface area contributed by atoms with Gasteiger partial charge in [-0.15, -0.1) is 11.3 Å². The normalized spacial score (nSPS) is 22.0. The number of nitrogens with zero attached hydrogens (tertiary/aromatic N) is 2. The van der Waals surface area contributed by atoms with Crippen molar-refractivity contribution >= 4 is 32.3 Å². The summed E-state index contributed by atoms with van der Waals surface area (Å²) >= 11 is 1.52. The highest BCUT2D eigenvalue weighted by Crippen LogP contribution is 2.35. The second kappa shape index (κ2) is 6.86. The van der Waals surface area contributed by atoms with Crippen LogP contribution in [0.2, 0.25) is 0 Å². The maximum absolute atomic E-state index is 13.1. The highest BCUT2D eigenvalue weighted by molar-refractivity contribution is 7.23. The van der Waals surface area contributed by atoms with Crippen LogP contribution >= 0.6 is 11.3 Å². The Morgan fingerprint density at radius 2 is 1.92 bits per heavy atom. The maximum Gasteiger partial charge on any atom is 0.257 e. The molecule has 2 aliphatic heterocycles. The van der Waals surface area contributed by atoms with Gasteiger partial charge < -0.3 is 10.6 Å². The SMILES string of the molecule is CC1(C)CCCN(C2CCN(C(=O)c3c(N)sc4ccccc34)CC2)C1. The van der Waals surface area contributed by atoms with Gasteiger partial charge >= 0.3 is 0 Å². The Labute approximate surface area is 160 Å². The van der Waals surface area contributed by atoms with E-state index in [0.29, 0.717) is 22.0 Å². The molecule has 0 atom stereocenters. The third-order valence-electron chi connectivity index (χ3n) is 6.03. The summed E-state index contributed by atoms with van der Waals surface area (Å²) in [4.78, 5) is 17.8. The summed E-state index contributed by atoms with van der Waals surface area (Å²) in [6.45, 7) is 8.83. The Kier molecular flexibility index (Phi) is 4.70. The number of hydrogen-bond donors (Lipinski definition) is 1. The van der Waals surface area contributed by atoms with E-state index in [0.717, 1.165) is 36.0 Å². The minimum atomic E-state index is 0.109. The number of benzene rings is 1. The number of carbonyl (C=O) groups excluding carboxylic acids is 1. The van der Waals surface area contributed by atoms with Crippen molar-refractivity contribution in [1.82, 2.24) is 9.80 Å². The molecule has 4 rings (SSSR count). The summed E-state index contributed by atoms with van der Waals surface area (Å²) < 4.78 is 1.10. The second-order valence-corrected chi connectivity index (χ2v) is 9.68. The van der Waals surface area contributed by atoms with Crippen molar-refractivity contribution in [3.63, 3.8) is 0 Å². The molecule has 0 radical (unpaired) electrons. The van der Waals surface area contributed by atoms with Crippen LogP contribution in [0.3, 0.4) is 0 Å². The Balaban J connectivity index is 1.44.